The molecule has 5 heteroatoms. The number of nitrogens with one attached hydrogen (secondary N) is 2. The molecule has 1 aromatic heterocycles. The van der Waals surface area contributed by atoms with Crippen LogP contribution in [0.1, 0.15) is 32.0 Å². The molecule has 2 aromatic rings. The summed E-state index contributed by atoms with van der Waals surface area (Å²) in [5, 5.41) is 0. The first-order valence-electron chi connectivity index (χ1n) is 6.17. The van der Waals surface area contributed by atoms with Gasteiger partial charge in [-0.2, -0.15) is 0 Å². The summed E-state index contributed by atoms with van der Waals surface area (Å²) in [7, 11) is 0. The van der Waals surface area contributed by atoms with Crippen LogP contribution in [0.25, 0.3) is 0 Å². The molecule has 0 fully saturated rings. The number of benzene rings is 1. The Hall–Kier alpha value is -2.69. The van der Waals surface area contributed by atoms with E-state index in [0.29, 0.717) is 5.56 Å². The Kier molecular flexibility index (Phi) is 4.10. The lowest BCUT2D eigenvalue weighted by Crippen LogP contribution is -2.41. The fourth-order valence-electron chi connectivity index (χ4n) is 1.63. The summed E-state index contributed by atoms with van der Waals surface area (Å²) in [4.78, 5) is 27.5. The van der Waals surface area contributed by atoms with Gasteiger partial charge in [-0.25, -0.2) is 0 Å². The predicted molar refractivity (Wildman–Crippen MR) is 75.1 cm³/mol. The van der Waals surface area contributed by atoms with Gasteiger partial charge in [0.25, 0.3) is 11.8 Å². The van der Waals surface area contributed by atoms with Crippen LogP contribution in [-0.2, 0) is 0 Å². The van der Waals surface area contributed by atoms with Crippen LogP contribution in [0, 0.1) is 13.8 Å². The van der Waals surface area contributed by atoms with Crippen LogP contribution in [0.4, 0.5) is 0 Å². The maximum atomic E-state index is 11.9. The van der Waals surface area contributed by atoms with E-state index >= 15 is 0 Å². The van der Waals surface area contributed by atoms with Gasteiger partial charge >= 0.3 is 0 Å². The van der Waals surface area contributed by atoms with E-state index in [9.17, 15) is 9.59 Å². The summed E-state index contributed by atoms with van der Waals surface area (Å²) in [6.07, 6.45) is 1.51. The largest absolute Gasteiger partial charge is 0.288 e. The topological polar surface area (TPSA) is 71.1 Å². The number of rotatable bonds is 2. The highest BCUT2D eigenvalue weighted by Gasteiger charge is 2.10. The normalized spacial score (nSPS) is 9.90. The fraction of sp³-hybridized carbons (Fsp3) is 0.133. The molecule has 0 atom stereocenters. The molecule has 0 aliphatic rings. The van der Waals surface area contributed by atoms with E-state index < -0.39 is 5.91 Å². The van der Waals surface area contributed by atoms with E-state index in [0.717, 1.165) is 11.1 Å². The number of aryl methyl sites for hydroxylation is 2. The van der Waals surface area contributed by atoms with Crippen molar-refractivity contribution in [3.63, 3.8) is 0 Å². The molecule has 2 rings (SSSR count). The average Bonchev–Trinajstić information content (AvgIpc) is 2.48. The monoisotopic (exact) mass is 269 g/mol. The van der Waals surface area contributed by atoms with Crippen molar-refractivity contribution >= 4 is 11.8 Å². The number of pyridine rings is 1. The first kappa shape index (κ1) is 13.7. The Morgan fingerprint density at radius 3 is 2.35 bits per heavy atom. The number of nitrogens with zero attached hydrogens (tertiary/aromatic N) is 1. The molecule has 0 saturated heterocycles. The Bertz CT molecular complexity index is 639. The lowest BCUT2D eigenvalue weighted by atomic mass is 10.1. The lowest BCUT2D eigenvalue weighted by molar-refractivity contribution is 0.0844. The van der Waals surface area contributed by atoms with Gasteiger partial charge in [0.15, 0.2) is 0 Å². The second kappa shape index (κ2) is 5.97. The molecule has 0 aliphatic carbocycles. The number of carbonyl (C=O) groups excluding carboxylic acids is 2. The first-order valence-corrected chi connectivity index (χ1v) is 6.17. The molecule has 20 heavy (non-hydrogen) atoms. The zero-order valence-electron chi connectivity index (χ0n) is 11.3. The Balaban J connectivity index is 1.98. The van der Waals surface area contributed by atoms with Crippen molar-refractivity contribution in [3.8, 4) is 0 Å². The van der Waals surface area contributed by atoms with Crippen molar-refractivity contribution in [1.29, 1.82) is 0 Å². The fourth-order valence-corrected chi connectivity index (χ4v) is 1.63. The molecule has 0 spiro atoms. The maximum Gasteiger partial charge on any atom is 0.288 e. The van der Waals surface area contributed by atoms with E-state index in [1.165, 1.54) is 6.20 Å². The van der Waals surface area contributed by atoms with Crippen LogP contribution >= 0.6 is 0 Å². The van der Waals surface area contributed by atoms with Gasteiger partial charge in [-0.05, 0) is 49.2 Å². The van der Waals surface area contributed by atoms with Crippen LogP contribution in [-0.4, -0.2) is 16.8 Å². The summed E-state index contributed by atoms with van der Waals surface area (Å²) >= 11 is 0. The van der Waals surface area contributed by atoms with E-state index in [4.69, 9.17) is 0 Å². The summed E-state index contributed by atoms with van der Waals surface area (Å²) < 4.78 is 0. The third-order valence-electron chi connectivity index (χ3n) is 2.96. The quantitative estimate of drug-likeness (QED) is 0.816. The van der Waals surface area contributed by atoms with E-state index in [1.54, 1.807) is 30.3 Å². The second-order valence-electron chi connectivity index (χ2n) is 4.42. The molecule has 1 heterocycles. The molecule has 2 N–H and O–H groups in total. The molecular formula is C15H15N3O2. The summed E-state index contributed by atoms with van der Waals surface area (Å²) in [5.74, 6) is -0.819. The lowest BCUT2D eigenvalue weighted by Gasteiger charge is -2.08. The SMILES string of the molecule is Cc1ccc(C(=O)NNC(=O)c2ccccn2)cc1C. The minimum absolute atomic E-state index is 0.243. The number of hydrogen-bond donors (Lipinski definition) is 2. The van der Waals surface area contributed by atoms with Crippen molar-refractivity contribution in [3.05, 3.63) is 65.0 Å². The zero-order valence-corrected chi connectivity index (χ0v) is 11.3. The summed E-state index contributed by atoms with van der Waals surface area (Å²) in [6.45, 7) is 3.90. The molecular weight excluding hydrogens is 254 g/mol. The highest BCUT2D eigenvalue weighted by Crippen LogP contribution is 2.09. The smallest absolute Gasteiger partial charge is 0.267 e. The Labute approximate surface area is 117 Å². The van der Waals surface area contributed by atoms with Gasteiger partial charge in [0.1, 0.15) is 5.69 Å². The van der Waals surface area contributed by atoms with Crippen molar-refractivity contribution in [2.45, 2.75) is 13.8 Å². The minimum Gasteiger partial charge on any atom is -0.267 e. The molecule has 102 valence electrons. The average molecular weight is 269 g/mol. The number of aromatic nitrogens is 1. The zero-order chi connectivity index (χ0) is 14.5. The minimum atomic E-state index is -0.456. The standard InChI is InChI=1S/C15H15N3O2/c1-10-6-7-12(9-11(10)2)14(19)17-18-15(20)13-5-3-4-8-16-13/h3-9H,1-2H3,(H,17,19)(H,18,20). The predicted octanol–water partition coefficient (Wildman–Crippen LogP) is 1.77. The van der Waals surface area contributed by atoms with Crippen molar-refractivity contribution in [2.24, 2.45) is 0 Å². The molecule has 5 nitrogen and oxygen atoms in total. The molecule has 0 bridgehead atoms. The van der Waals surface area contributed by atoms with E-state index in [2.05, 4.69) is 15.8 Å². The third-order valence-corrected chi connectivity index (χ3v) is 2.96. The molecule has 0 unspecified atom stereocenters. The van der Waals surface area contributed by atoms with Crippen LogP contribution in [0.3, 0.4) is 0 Å². The first-order chi connectivity index (χ1) is 9.58. The molecule has 0 saturated carbocycles. The molecule has 2 amide bonds. The van der Waals surface area contributed by atoms with Gasteiger partial charge in [-0.3, -0.25) is 25.4 Å². The number of hydrogen-bond acceptors (Lipinski definition) is 3. The van der Waals surface area contributed by atoms with Gasteiger partial charge in [-0.15, -0.1) is 0 Å². The highest BCUT2D eigenvalue weighted by atomic mass is 16.2. The van der Waals surface area contributed by atoms with Gasteiger partial charge in [0.2, 0.25) is 0 Å². The number of hydrazine groups is 1. The van der Waals surface area contributed by atoms with E-state index in [1.807, 2.05) is 19.9 Å². The maximum absolute atomic E-state index is 11.9. The molecule has 0 radical (unpaired) electrons. The summed E-state index contributed by atoms with van der Waals surface area (Å²) in [6, 6.07) is 10.3. The third kappa shape index (κ3) is 3.20. The van der Waals surface area contributed by atoms with Crippen LogP contribution in [0.2, 0.25) is 0 Å². The van der Waals surface area contributed by atoms with Gasteiger partial charge < -0.3 is 0 Å². The Morgan fingerprint density at radius 2 is 1.70 bits per heavy atom. The van der Waals surface area contributed by atoms with Gasteiger partial charge in [-0.1, -0.05) is 12.1 Å². The number of amides is 2. The van der Waals surface area contributed by atoms with Crippen LogP contribution < -0.4 is 10.9 Å². The second-order valence-corrected chi connectivity index (χ2v) is 4.42. The van der Waals surface area contributed by atoms with Crippen LogP contribution in [0.5, 0.6) is 0 Å². The van der Waals surface area contributed by atoms with Gasteiger partial charge in [0, 0.05) is 11.8 Å². The Morgan fingerprint density at radius 1 is 0.950 bits per heavy atom. The molecule has 1 aromatic carbocycles. The van der Waals surface area contributed by atoms with Crippen molar-refractivity contribution < 1.29 is 9.59 Å². The van der Waals surface area contributed by atoms with Crippen LogP contribution in [0.15, 0.2) is 42.6 Å². The number of carbonyl (C=O) groups is 2. The highest BCUT2D eigenvalue weighted by molar-refractivity contribution is 5.98. The van der Waals surface area contributed by atoms with Gasteiger partial charge in [0.05, 0.1) is 0 Å². The molecule has 0 aliphatic heterocycles. The van der Waals surface area contributed by atoms with Crippen molar-refractivity contribution in [2.75, 3.05) is 0 Å². The van der Waals surface area contributed by atoms with Crippen molar-refractivity contribution in [1.82, 2.24) is 15.8 Å². The summed E-state index contributed by atoms with van der Waals surface area (Å²) in [5.41, 5.74) is 7.57. The van der Waals surface area contributed by atoms with E-state index in [-0.39, 0.29) is 11.6 Å².